The van der Waals surface area contributed by atoms with E-state index >= 15 is 0 Å². The van der Waals surface area contributed by atoms with E-state index in [0.717, 1.165) is 12.1 Å². The topological polar surface area (TPSA) is 77.4 Å². The van der Waals surface area contributed by atoms with Crippen molar-refractivity contribution in [3.8, 4) is 11.4 Å². The third-order valence-electron chi connectivity index (χ3n) is 5.35. The summed E-state index contributed by atoms with van der Waals surface area (Å²) in [5, 5.41) is 4.14. The lowest BCUT2D eigenvalue weighted by molar-refractivity contribution is -0.162. The molecule has 1 aromatic carbocycles. The number of hydrogen-bond acceptors (Lipinski definition) is 6. The number of hydrogen-bond donors (Lipinski definition) is 1. The average molecular weight is 381 g/mol. The molecule has 1 fully saturated rings. The molecule has 0 radical (unpaired) electrons. The maximum absolute atomic E-state index is 6.61. The van der Waals surface area contributed by atoms with E-state index < -0.39 is 5.54 Å². The summed E-state index contributed by atoms with van der Waals surface area (Å²) in [6, 6.07) is 8.21. The number of ether oxygens (including phenoxy) is 1. The van der Waals surface area contributed by atoms with Crippen LogP contribution in [0.5, 0.6) is 0 Å². The van der Waals surface area contributed by atoms with E-state index in [1.165, 1.54) is 5.56 Å². The predicted octanol–water partition coefficient (Wildman–Crippen LogP) is 3.21. The summed E-state index contributed by atoms with van der Waals surface area (Å²) in [5.41, 5.74) is 7.89. The van der Waals surface area contributed by atoms with Crippen molar-refractivity contribution in [3.05, 3.63) is 35.7 Å². The second-order valence-corrected chi connectivity index (χ2v) is 7.70. The zero-order valence-corrected chi connectivity index (χ0v) is 17.0. The molecule has 6 nitrogen and oxygen atoms in total. The molecule has 7 heteroatoms. The third-order valence-corrected chi connectivity index (χ3v) is 5.35. The Balaban J connectivity index is 0.00000243. The fourth-order valence-corrected chi connectivity index (χ4v) is 3.44. The van der Waals surface area contributed by atoms with E-state index in [-0.39, 0.29) is 23.9 Å². The number of rotatable bonds is 6. The van der Waals surface area contributed by atoms with Crippen molar-refractivity contribution < 1.29 is 9.26 Å². The van der Waals surface area contributed by atoms with Crippen LogP contribution in [0.3, 0.4) is 0 Å². The maximum atomic E-state index is 6.61. The molecule has 2 aromatic rings. The van der Waals surface area contributed by atoms with Gasteiger partial charge in [0.1, 0.15) is 5.54 Å². The zero-order chi connectivity index (χ0) is 18.2. The molecular weight excluding hydrogens is 352 g/mol. The van der Waals surface area contributed by atoms with Gasteiger partial charge >= 0.3 is 0 Å². The monoisotopic (exact) mass is 380 g/mol. The Morgan fingerprint density at radius 1 is 1.27 bits per heavy atom. The smallest absolute Gasteiger partial charge is 0.247 e. The molecule has 0 spiro atoms. The molecule has 1 saturated carbocycles. The van der Waals surface area contributed by atoms with Gasteiger partial charge in [-0.15, -0.1) is 12.4 Å². The number of aromatic nitrogens is 2. The van der Waals surface area contributed by atoms with E-state index in [9.17, 15) is 0 Å². The van der Waals surface area contributed by atoms with Crippen LogP contribution in [0.4, 0.5) is 0 Å². The molecule has 1 aromatic heterocycles. The Labute approximate surface area is 161 Å². The van der Waals surface area contributed by atoms with Gasteiger partial charge in [0.15, 0.2) is 0 Å². The van der Waals surface area contributed by atoms with E-state index in [2.05, 4.69) is 55.1 Å². The molecule has 0 amide bonds. The molecule has 1 heterocycles. The van der Waals surface area contributed by atoms with Gasteiger partial charge in [-0.1, -0.05) is 43.3 Å². The zero-order valence-electron chi connectivity index (χ0n) is 16.2. The molecular formula is C19H29ClN4O2. The molecule has 144 valence electrons. The maximum Gasteiger partial charge on any atom is 0.247 e. The summed E-state index contributed by atoms with van der Waals surface area (Å²) in [7, 11) is 4.10. The van der Waals surface area contributed by atoms with Crippen molar-refractivity contribution >= 4 is 12.4 Å². The Morgan fingerprint density at radius 2 is 1.92 bits per heavy atom. The van der Waals surface area contributed by atoms with E-state index in [1.807, 2.05) is 19.1 Å². The van der Waals surface area contributed by atoms with Gasteiger partial charge in [0.05, 0.1) is 6.10 Å². The highest BCUT2D eigenvalue weighted by Gasteiger charge is 2.62. The molecule has 2 atom stereocenters. The van der Waals surface area contributed by atoms with Gasteiger partial charge in [-0.3, -0.25) is 0 Å². The first-order valence-corrected chi connectivity index (χ1v) is 8.76. The predicted molar refractivity (Wildman–Crippen MR) is 104 cm³/mol. The first kappa shape index (κ1) is 20.8. The fourth-order valence-electron chi connectivity index (χ4n) is 3.44. The molecule has 1 aliphatic rings. The molecule has 26 heavy (non-hydrogen) atoms. The number of nitrogens with zero attached hydrogens (tertiary/aromatic N) is 3. The number of benzene rings is 1. The standard InChI is InChI=1S/C19H28N4O2.ClH/c1-6-24-15-11-19(20,18(15,2)3)17-21-16(22-25-17)14-9-7-13(8-10-14)12-23(4)5;/h7-10,15H,6,11-12,20H2,1-5H3;1H. The SMILES string of the molecule is CCOC1CC(N)(c2nc(-c3ccc(CN(C)C)cc3)no2)C1(C)C.Cl. The summed E-state index contributed by atoms with van der Waals surface area (Å²) in [5.74, 6) is 1.06. The molecule has 0 aliphatic heterocycles. The summed E-state index contributed by atoms with van der Waals surface area (Å²) >= 11 is 0. The van der Waals surface area contributed by atoms with Crippen LogP contribution >= 0.6 is 12.4 Å². The van der Waals surface area contributed by atoms with Crippen molar-refractivity contribution in [2.24, 2.45) is 11.1 Å². The van der Waals surface area contributed by atoms with Crippen molar-refractivity contribution in [3.63, 3.8) is 0 Å². The summed E-state index contributed by atoms with van der Waals surface area (Å²) in [6.07, 6.45) is 0.806. The normalized spacial score (nSPS) is 24.2. The van der Waals surface area contributed by atoms with E-state index in [1.54, 1.807) is 0 Å². The molecule has 3 rings (SSSR count). The molecule has 0 saturated heterocycles. The Morgan fingerprint density at radius 3 is 2.46 bits per heavy atom. The minimum absolute atomic E-state index is 0. The van der Waals surface area contributed by atoms with E-state index in [4.69, 9.17) is 15.0 Å². The number of halogens is 1. The molecule has 2 unspecified atom stereocenters. The lowest BCUT2D eigenvalue weighted by Gasteiger charge is -2.56. The van der Waals surface area contributed by atoms with Gasteiger partial charge < -0.3 is 19.9 Å². The first-order valence-electron chi connectivity index (χ1n) is 8.76. The van der Waals surface area contributed by atoms with Crippen LogP contribution in [0.25, 0.3) is 11.4 Å². The van der Waals surface area contributed by atoms with Gasteiger partial charge in [-0.2, -0.15) is 4.98 Å². The van der Waals surface area contributed by atoms with Crippen molar-refractivity contribution in [2.75, 3.05) is 20.7 Å². The van der Waals surface area contributed by atoms with Crippen molar-refractivity contribution in [2.45, 2.75) is 45.4 Å². The second kappa shape index (κ2) is 7.64. The van der Waals surface area contributed by atoms with Crippen molar-refractivity contribution in [1.29, 1.82) is 0 Å². The lowest BCUT2D eigenvalue weighted by Crippen LogP contribution is -2.67. The van der Waals surface area contributed by atoms with Gasteiger partial charge in [0.25, 0.3) is 0 Å². The highest BCUT2D eigenvalue weighted by atomic mass is 35.5. The van der Waals surface area contributed by atoms with Crippen molar-refractivity contribution in [1.82, 2.24) is 15.0 Å². The summed E-state index contributed by atoms with van der Waals surface area (Å²) < 4.78 is 11.3. The highest BCUT2D eigenvalue weighted by molar-refractivity contribution is 5.85. The minimum atomic E-state index is -0.650. The van der Waals surface area contributed by atoms with E-state index in [0.29, 0.717) is 24.7 Å². The first-order chi connectivity index (χ1) is 11.8. The fraction of sp³-hybridized carbons (Fsp3) is 0.579. The van der Waals surface area contributed by atoms with Gasteiger partial charge in [0.2, 0.25) is 11.7 Å². The summed E-state index contributed by atoms with van der Waals surface area (Å²) in [4.78, 5) is 6.72. The van der Waals surface area contributed by atoms with Gasteiger partial charge in [-0.05, 0) is 26.6 Å². The van der Waals surface area contributed by atoms with Crippen LogP contribution < -0.4 is 5.73 Å². The van der Waals surface area contributed by atoms with Gasteiger partial charge in [-0.25, -0.2) is 0 Å². The Bertz CT molecular complexity index is 729. The summed E-state index contributed by atoms with van der Waals surface area (Å²) in [6.45, 7) is 7.76. The van der Waals surface area contributed by atoms with Crippen LogP contribution in [-0.2, 0) is 16.8 Å². The largest absolute Gasteiger partial charge is 0.378 e. The van der Waals surface area contributed by atoms with Gasteiger partial charge in [0, 0.05) is 30.6 Å². The lowest BCUT2D eigenvalue weighted by atomic mass is 9.54. The van der Waals surface area contributed by atoms with Crippen LogP contribution in [0.15, 0.2) is 28.8 Å². The average Bonchev–Trinajstić information content (AvgIpc) is 3.05. The third kappa shape index (κ3) is 3.51. The highest BCUT2D eigenvalue weighted by Crippen LogP contribution is 2.55. The minimum Gasteiger partial charge on any atom is -0.378 e. The quantitative estimate of drug-likeness (QED) is 0.829. The van der Waals surface area contributed by atoms with Crippen LogP contribution in [-0.4, -0.2) is 41.8 Å². The van der Waals surface area contributed by atoms with Crippen LogP contribution in [0.1, 0.15) is 38.6 Å². The molecule has 1 aliphatic carbocycles. The number of nitrogens with two attached hydrogens (primary N) is 1. The molecule has 0 bridgehead atoms. The Kier molecular flexibility index (Phi) is 6.13. The molecule has 2 N–H and O–H groups in total. The van der Waals surface area contributed by atoms with Crippen LogP contribution in [0.2, 0.25) is 0 Å². The van der Waals surface area contributed by atoms with Crippen LogP contribution in [0, 0.1) is 5.41 Å². The second-order valence-electron chi connectivity index (χ2n) is 7.70. The Hall–Kier alpha value is -1.47.